The minimum absolute atomic E-state index is 0.407. The maximum Gasteiger partial charge on any atom is 0.351 e. The van der Waals surface area contributed by atoms with Crippen molar-refractivity contribution >= 4 is 13.2 Å². The lowest BCUT2D eigenvalue weighted by Gasteiger charge is -2.31. The molecule has 0 amide bonds. The third kappa shape index (κ3) is 3.38. The van der Waals surface area contributed by atoms with E-state index in [-0.39, 0.29) is 0 Å². The molecule has 4 nitrogen and oxygen atoms in total. The first kappa shape index (κ1) is 17.1. The van der Waals surface area contributed by atoms with Crippen molar-refractivity contribution in [3.05, 3.63) is 77.9 Å². The smallest absolute Gasteiger partial charge is 0.311 e. The normalized spacial score (nSPS) is 18.6. The molecular formula is C19H22NO3P. The number of hydrogen-bond donors (Lipinski definition) is 0. The predicted molar refractivity (Wildman–Crippen MR) is 96.7 cm³/mol. The van der Waals surface area contributed by atoms with Gasteiger partial charge in [0.05, 0.1) is 0 Å². The molecule has 24 heavy (non-hydrogen) atoms. The highest BCUT2D eigenvalue weighted by atomic mass is 31.2. The van der Waals surface area contributed by atoms with Crippen LogP contribution < -0.4 is 0 Å². The molecule has 3 rings (SSSR count). The van der Waals surface area contributed by atoms with Gasteiger partial charge in [-0.25, -0.2) is 0 Å². The Morgan fingerprint density at radius 2 is 1.58 bits per heavy atom. The van der Waals surface area contributed by atoms with Gasteiger partial charge >= 0.3 is 7.60 Å². The SMILES string of the molecule is COP(=O)(OC)C1C(c2ccccc2)=CCN1Cc1ccccc1. The van der Waals surface area contributed by atoms with Crippen LogP contribution in [0.1, 0.15) is 11.1 Å². The van der Waals surface area contributed by atoms with E-state index in [2.05, 4.69) is 23.1 Å². The van der Waals surface area contributed by atoms with Crippen LogP contribution in [0.15, 0.2) is 66.7 Å². The summed E-state index contributed by atoms with van der Waals surface area (Å²) in [7, 11) is -0.385. The molecule has 2 aromatic carbocycles. The van der Waals surface area contributed by atoms with Gasteiger partial charge in [0.25, 0.3) is 0 Å². The molecule has 0 bridgehead atoms. The fourth-order valence-corrected chi connectivity index (χ4v) is 4.85. The molecule has 1 unspecified atom stereocenters. The Kier molecular flexibility index (Phi) is 5.32. The van der Waals surface area contributed by atoms with Gasteiger partial charge in [-0.05, 0) is 16.7 Å². The van der Waals surface area contributed by atoms with Crippen LogP contribution in [0.5, 0.6) is 0 Å². The summed E-state index contributed by atoms with van der Waals surface area (Å²) >= 11 is 0. The highest BCUT2D eigenvalue weighted by Gasteiger charge is 2.44. The van der Waals surface area contributed by atoms with Crippen LogP contribution in [0.2, 0.25) is 0 Å². The van der Waals surface area contributed by atoms with Crippen LogP contribution in [-0.4, -0.2) is 31.4 Å². The molecule has 0 saturated heterocycles. The largest absolute Gasteiger partial charge is 0.351 e. The molecule has 0 fully saturated rings. The van der Waals surface area contributed by atoms with E-state index in [4.69, 9.17) is 9.05 Å². The van der Waals surface area contributed by atoms with Crippen LogP contribution >= 0.6 is 7.60 Å². The number of nitrogens with zero attached hydrogens (tertiary/aromatic N) is 1. The van der Waals surface area contributed by atoms with E-state index >= 15 is 0 Å². The van der Waals surface area contributed by atoms with Gasteiger partial charge in [-0.1, -0.05) is 66.7 Å². The van der Waals surface area contributed by atoms with E-state index in [0.29, 0.717) is 13.1 Å². The molecule has 1 aliphatic heterocycles. The average Bonchev–Trinajstić information content (AvgIpc) is 3.07. The predicted octanol–water partition coefficient (Wildman–Crippen LogP) is 4.40. The highest BCUT2D eigenvalue weighted by molar-refractivity contribution is 7.55. The number of rotatable bonds is 6. The second-order valence-electron chi connectivity index (χ2n) is 5.72. The van der Waals surface area contributed by atoms with Crippen molar-refractivity contribution in [1.29, 1.82) is 0 Å². The summed E-state index contributed by atoms with van der Waals surface area (Å²) in [6.45, 7) is 1.40. The first-order chi connectivity index (χ1) is 11.7. The third-order valence-electron chi connectivity index (χ3n) is 4.31. The molecule has 1 heterocycles. The minimum atomic E-state index is -3.29. The summed E-state index contributed by atoms with van der Waals surface area (Å²) in [4.78, 5) is 2.14. The van der Waals surface area contributed by atoms with E-state index in [1.54, 1.807) is 0 Å². The molecular weight excluding hydrogens is 321 g/mol. The zero-order chi connectivity index (χ0) is 17.0. The molecule has 126 valence electrons. The third-order valence-corrected chi connectivity index (χ3v) is 6.54. The average molecular weight is 343 g/mol. The lowest BCUT2D eigenvalue weighted by Crippen LogP contribution is -2.32. The molecule has 0 radical (unpaired) electrons. The molecule has 0 aliphatic carbocycles. The van der Waals surface area contributed by atoms with Crippen molar-refractivity contribution < 1.29 is 13.6 Å². The summed E-state index contributed by atoms with van der Waals surface area (Å²) < 4.78 is 23.9. The van der Waals surface area contributed by atoms with Gasteiger partial charge in [0.15, 0.2) is 0 Å². The van der Waals surface area contributed by atoms with Gasteiger partial charge in [-0.2, -0.15) is 0 Å². The fourth-order valence-electron chi connectivity index (χ4n) is 3.13. The second kappa shape index (κ2) is 7.45. The van der Waals surface area contributed by atoms with Crippen molar-refractivity contribution in [2.24, 2.45) is 0 Å². The molecule has 0 N–H and O–H groups in total. The first-order valence-electron chi connectivity index (χ1n) is 7.92. The summed E-state index contributed by atoms with van der Waals surface area (Å²) in [6.07, 6.45) is 2.12. The van der Waals surface area contributed by atoms with Crippen LogP contribution in [0.4, 0.5) is 0 Å². The Hall–Kier alpha value is -1.71. The quantitative estimate of drug-likeness (QED) is 0.729. The van der Waals surface area contributed by atoms with E-state index in [9.17, 15) is 4.57 Å². The van der Waals surface area contributed by atoms with Crippen LogP contribution in [0.25, 0.3) is 5.57 Å². The van der Waals surface area contributed by atoms with Gasteiger partial charge in [0, 0.05) is 27.3 Å². The summed E-state index contributed by atoms with van der Waals surface area (Å²) in [5.41, 5.74) is 3.22. The molecule has 0 saturated carbocycles. The Balaban J connectivity index is 1.95. The summed E-state index contributed by atoms with van der Waals surface area (Å²) in [6, 6.07) is 20.2. The Morgan fingerprint density at radius 1 is 1.00 bits per heavy atom. The molecule has 2 aromatic rings. The van der Waals surface area contributed by atoms with E-state index in [0.717, 1.165) is 11.1 Å². The van der Waals surface area contributed by atoms with Crippen molar-refractivity contribution in [1.82, 2.24) is 4.90 Å². The number of hydrogen-bond acceptors (Lipinski definition) is 4. The van der Waals surface area contributed by atoms with Gasteiger partial charge < -0.3 is 9.05 Å². The summed E-state index contributed by atoms with van der Waals surface area (Å²) in [5, 5.41) is 0. The van der Waals surface area contributed by atoms with Crippen LogP contribution in [-0.2, 0) is 20.2 Å². The zero-order valence-corrected chi connectivity index (χ0v) is 14.9. The Morgan fingerprint density at radius 3 is 2.17 bits per heavy atom. The standard InChI is InChI=1S/C19H22NO3P/c1-22-24(21,23-2)19-18(17-11-7-4-8-12-17)13-14-20(19)15-16-9-5-3-6-10-16/h3-13,19H,14-15H2,1-2H3. The van der Waals surface area contributed by atoms with Gasteiger partial charge in [-0.3, -0.25) is 9.46 Å². The maximum absolute atomic E-state index is 13.2. The van der Waals surface area contributed by atoms with E-state index in [1.165, 1.54) is 19.8 Å². The molecule has 5 heteroatoms. The molecule has 0 spiro atoms. The van der Waals surface area contributed by atoms with E-state index in [1.807, 2.05) is 48.5 Å². The van der Waals surface area contributed by atoms with Crippen molar-refractivity contribution in [2.45, 2.75) is 12.3 Å². The lowest BCUT2D eigenvalue weighted by atomic mass is 10.1. The van der Waals surface area contributed by atoms with Crippen molar-refractivity contribution in [3.63, 3.8) is 0 Å². The highest BCUT2D eigenvalue weighted by Crippen LogP contribution is 2.58. The van der Waals surface area contributed by atoms with Gasteiger partial charge in [-0.15, -0.1) is 0 Å². The van der Waals surface area contributed by atoms with Crippen molar-refractivity contribution in [2.75, 3.05) is 20.8 Å². The van der Waals surface area contributed by atoms with Gasteiger partial charge in [0.1, 0.15) is 5.78 Å². The Labute approximate surface area is 143 Å². The van der Waals surface area contributed by atoms with Gasteiger partial charge in [0.2, 0.25) is 0 Å². The van der Waals surface area contributed by atoms with Crippen LogP contribution in [0, 0.1) is 0 Å². The Bertz CT molecular complexity index is 738. The first-order valence-corrected chi connectivity index (χ1v) is 9.54. The zero-order valence-electron chi connectivity index (χ0n) is 14.0. The molecule has 1 aliphatic rings. The minimum Gasteiger partial charge on any atom is -0.311 e. The second-order valence-corrected chi connectivity index (χ2v) is 8.02. The molecule has 0 aromatic heterocycles. The topological polar surface area (TPSA) is 38.8 Å². The monoisotopic (exact) mass is 343 g/mol. The summed E-state index contributed by atoms with van der Waals surface area (Å²) in [5.74, 6) is -0.407. The molecule has 1 atom stereocenters. The van der Waals surface area contributed by atoms with Crippen LogP contribution in [0.3, 0.4) is 0 Å². The number of benzene rings is 2. The fraction of sp³-hybridized carbons (Fsp3) is 0.263. The van der Waals surface area contributed by atoms with E-state index < -0.39 is 13.4 Å². The maximum atomic E-state index is 13.2. The van der Waals surface area contributed by atoms with Crippen molar-refractivity contribution in [3.8, 4) is 0 Å². The lowest BCUT2D eigenvalue weighted by molar-refractivity contribution is 0.224.